The lowest BCUT2D eigenvalue weighted by Gasteiger charge is -2.22. The third-order valence-electron chi connectivity index (χ3n) is 5.33. The van der Waals surface area contributed by atoms with Gasteiger partial charge in [-0.15, -0.1) is 0 Å². The van der Waals surface area contributed by atoms with E-state index in [1.807, 2.05) is 36.4 Å². The van der Waals surface area contributed by atoms with Crippen LogP contribution in [0.4, 0.5) is 10.1 Å². The molecule has 0 aliphatic heterocycles. The van der Waals surface area contributed by atoms with Crippen molar-refractivity contribution in [1.82, 2.24) is 9.55 Å². The molecule has 1 aromatic heterocycles. The van der Waals surface area contributed by atoms with E-state index in [9.17, 15) is 9.18 Å². The van der Waals surface area contributed by atoms with Gasteiger partial charge in [-0.3, -0.25) is 9.36 Å². The summed E-state index contributed by atoms with van der Waals surface area (Å²) in [5.41, 5.74) is 3.54. The standard InChI is InChI=1S/C24H23FN4OS/c25-19-11-4-6-13-21(19)28(16-8-15-26)23(30)17-31-24-27-20-12-5-7-14-22(20)29(24)18-9-2-1-3-10-18/h1-4,6,9-11,13H,5,7-8,12,14,16-17H2. The Morgan fingerprint density at radius 1 is 1.13 bits per heavy atom. The zero-order valence-electron chi connectivity index (χ0n) is 17.1. The largest absolute Gasteiger partial charge is 0.308 e. The molecule has 0 radical (unpaired) electrons. The molecule has 5 nitrogen and oxygen atoms in total. The second kappa shape index (κ2) is 9.80. The second-order valence-corrected chi connectivity index (χ2v) is 8.30. The molecular weight excluding hydrogens is 411 g/mol. The number of carbonyl (C=O) groups is 1. The molecular formula is C24H23FN4OS. The highest BCUT2D eigenvalue weighted by molar-refractivity contribution is 7.99. The minimum absolute atomic E-state index is 0.114. The Kier molecular flexibility index (Phi) is 6.68. The fourth-order valence-electron chi connectivity index (χ4n) is 3.87. The topological polar surface area (TPSA) is 61.9 Å². The summed E-state index contributed by atoms with van der Waals surface area (Å²) < 4.78 is 16.5. The number of amides is 1. The number of imidazole rings is 1. The van der Waals surface area contributed by atoms with Gasteiger partial charge in [0.2, 0.25) is 5.91 Å². The van der Waals surface area contributed by atoms with Crippen LogP contribution in [-0.2, 0) is 17.6 Å². The van der Waals surface area contributed by atoms with E-state index in [1.54, 1.807) is 18.2 Å². The van der Waals surface area contributed by atoms with Crippen molar-refractivity contribution in [3.05, 3.63) is 71.8 Å². The summed E-state index contributed by atoms with van der Waals surface area (Å²) in [6.45, 7) is 0.153. The number of halogens is 1. The maximum atomic E-state index is 14.3. The summed E-state index contributed by atoms with van der Waals surface area (Å²) in [4.78, 5) is 19.3. The lowest BCUT2D eigenvalue weighted by atomic mass is 10.0. The van der Waals surface area contributed by atoms with Crippen molar-refractivity contribution in [2.45, 2.75) is 37.3 Å². The Morgan fingerprint density at radius 2 is 1.87 bits per heavy atom. The van der Waals surface area contributed by atoms with E-state index in [4.69, 9.17) is 10.2 Å². The van der Waals surface area contributed by atoms with Crippen molar-refractivity contribution in [2.24, 2.45) is 0 Å². The number of para-hydroxylation sites is 2. The zero-order chi connectivity index (χ0) is 21.6. The van der Waals surface area contributed by atoms with Crippen LogP contribution in [0.1, 0.15) is 30.7 Å². The maximum absolute atomic E-state index is 14.3. The molecule has 0 saturated heterocycles. The van der Waals surface area contributed by atoms with Crippen molar-refractivity contribution in [3.8, 4) is 11.8 Å². The van der Waals surface area contributed by atoms with Crippen molar-refractivity contribution < 1.29 is 9.18 Å². The molecule has 0 bridgehead atoms. The number of thioether (sulfide) groups is 1. The van der Waals surface area contributed by atoms with Gasteiger partial charge in [0.25, 0.3) is 0 Å². The first-order valence-corrected chi connectivity index (χ1v) is 11.4. The average molecular weight is 435 g/mol. The molecule has 0 fully saturated rings. The van der Waals surface area contributed by atoms with Crippen LogP contribution in [0.2, 0.25) is 0 Å². The number of nitrogens with zero attached hydrogens (tertiary/aromatic N) is 4. The van der Waals surface area contributed by atoms with Gasteiger partial charge in [-0.25, -0.2) is 9.37 Å². The molecule has 3 aromatic rings. The third kappa shape index (κ3) is 4.64. The van der Waals surface area contributed by atoms with Crippen LogP contribution in [0.5, 0.6) is 0 Å². The molecule has 1 heterocycles. The number of fused-ring (bicyclic) bond motifs is 1. The smallest absolute Gasteiger partial charge is 0.237 e. The van der Waals surface area contributed by atoms with Crippen molar-refractivity contribution >= 4 is 23.4 Å². The Morgan fingerprint density at radius 3 is 2.65 bits per heavy atom. The van der Waals surface area contributed by atoms with Gasteiger partial charge in [0.1, 0.15) is 5.82 Å². The quantitative estimate of drug-likeness (QED) is 0.495. The van der Waals surface area contributed by atoms with Crippen LogP contribution >= 0.6 is 11.8 Å². The highest BCUT2D eigenvalue weighted by Crippen LogP contribution is 2.31. The summed E-state index contributed by atoms with van der Waals surface area (Å²) in [7, 11) is 0. The number of aryl methyl sites for hydroxylation is 1. The number of rotatable bonds is 7. The van der Waals surface area contributed by atoms with E-state index < -0.39 is 5.82 Å². The van der Waals surface area contributed by atoms with Gasteiger partial charge in [-0.1, -0.05) is 42.1 Å². The van der Waals surface area contributed by atoms with Gasteiger partial charge in [-0.05, 0) is 49.9 Å². The Labute approximate surface area is 185 Å². The van der Waals surface area contributed by atoms with Crippen molar-refractivity contribution in [1.29, 1.82) is 5.26 Å². The number of nitriles is 1. The third-order valence-corrected chi connectivity index (χ3v) is 6.26. The Bertz CT molecular complexity index is 1110. The fourth-order valence-corrected chi connectivity index (χ4v) is 4.80. The molecule has 31 heavy (non-hydrogen) atoms. The summed E-state index contributed by atoms with van der Waals surface area (Å²) in [5.74, 6) is -0.603. The molecule has 4 rings (SSSR count). The lowest BCUT2D eigenvalue weighted by molar-refractivity contribution is -0.116. The van der Waals surface area contributed by atoms with Crippen LogP contribution in [0.3, 0.4) is 0 Å². The van der Waals surface area contributed by atoms with E-state index in [-0.39, 0.29) is 30.3 Å². The molecule has 0 atom stereocenters. The zero-order valence-corrected chi connectivity index (χ0v) is 17.9. The van der Waals surface area contributed by atoms with E-state index in [0.717, 1.165) is 42.2 Å². The Balaban J connectivity index is 1.59. The summed E-state index contributed by atoms with van der Waals surface area (Å²) in [6, 6.07) is 18.3. The molecule has 2 aromatic carbocycles. The number of benzene rings is 2. The minimum atomic E-state index is -0.472. The van der Waals surface area contributed by atoms with E-state index in [1.165, 1.54) is 28.4 Å². The highest BCUT2D eigenvalue weighted by Gasteiger charge is 2.24. The normalized spacial score (nSPS) is 12.8. The van der Waals surface area contributed by atoms with Gasteiger partial charge in [0, 0.05) is 17.9 Å². The highest BCUT2D eigenvalue weighted by atomic mass is 32.2. The second-order valence-electron chi connectivity index (χ2n) is 7.36. The van der Waals surface area contributed by atoms with Crippen molar-refractivity contribution in [2.75, 3.05) is 17.2 Å². The van der Waals surface area contributed by atoms with E-state index in [0.29, 0.717) is 0 Å². The van der Waals surface area contributed by atoms with Gasteiger partial charge < -0.3 is 4.90 Å². The van der Waals surface area contributed by atoms with Crippen LogP contribution in [0.15, 0.2) is 59.8 Å². The van der Waals surface area contributed by atoms with Crippen LogP contribution in [0.25, 0.3) is 5.69 Å². The number of anilines is 1. The molecule has 1 aliphatic rings. The molecule has 0 saturated carbocycles. The molecule has 0 N–H and O–H groups in total. The van der Waals surface area contributed by atoms with Gasteiger partial charge in [-0.2, -0.15) is 5.26 Å². The number of hydrogen-bond donors (Lipinski definition) is 0. The molecule has 0 spiro atoms. The molecule has 158 valence electrons. The number of aromatic nitrogens is 2. The maximum Gasteiger partial charge on any atom is 0.237 e. The van der Waals surface area contributed by atoms with Crippen molar-refractivity contribution in [3.63, 3.8) is 0 Å². The first-order valence-electron chi connectivity index (χ1n) is 10.4. The van der Waals surface area contributed by atoms with Gasteiger partial charge in [0.05, 0.1) is 29.6 Å². The van der Waals surface area contributed by atoms with Crippen LogP contribution in [-0.4, -0.2) is 27.8 Å². The Hall–Kier alpha value is -3.11. The summed E-state index contributed by atoms with van der Waals surface area (Å²) in [6.07, 6.45) is 4.30. The molecule has 1 aliphatic carbocycles. The molecule has 1 amide bonds. The summed E-state index contributed by atoms with van der Waals surface area (Å²) in [5, 5.41) is 9.75. The molecule has 7 heteroatoms. The minimum Gasteiger partial charge on any atom is -0.308 e. The fraction of sp³-hybridized carbons (Fsp3) is 0.292. The van der Waals surface area contributed by atoms with E-state index in [2.05, 4.69) is 4.57 Å². The number of hydrogen-bond acceptors (Lipinski definition) is 4. The number of carbonyl (C=O) groups excluding carboxylic acids is 1. The monoisotopic (exact) mass is 434 g/mol. The van der Waals surface area contributed by atoms with Crippen LogP contribution in [0, 0.1) is 17.1 Å². The predicted molar refractivity (Wildman–Crippen MR) is 120 cm³/mol. The first kappa shape index (κ1) is 21.1. The van der Waals surface area contributed by atoms with Gasteiger partial charge >= 0.3 is 0 Å². The molecule has 0 unspecified atom stereocenters. The summed E-state index contributed by atoms with van der Waals surface area (Å²) >= 11 is 1.36. The predicted octanol–water partition coefficient (Wildman–Crippen LogP) is 4.93. The van der Waals surface area contributed by atoms with Crippen LogP contribution < -0.4 is 4.90 Å². The van der Waals surface area contributed by atoms with Gasteiger partial charge in [0.15, 0.2) is 5.16 Å². The SMILES string of the molecule is N#CCCN(C(=O)CSc1nc2c(n1-c1ccccc1)CCCC2)c1ccccc1F. The van der Waals surface area contributed by atoms with E-state index >= 15 is 0 Å². The first-order chi connectivity index (χ1) is 15.2. The average Bonchev–Trinajstić information content (AvgIpc) is 3.18. The lowest BCUT2D eigenvalue weighted by Crippen LogP contribution is -2.34.